The quantitative estimate of drug-likeness (QED) is 0.582. The third-order valence-electron chi connectivity index (χ3n) is 4.19. The number of rotatable bonds is 7. The number of aromatic nitrogens is 2. The molecule has 2 rings (SSSR count). The molecule has 1 aromatic heterocycles. The van der Waals surface area contributed by atoms with Crippen LogP contribution in [-0.2, 0) is 16.1 Å². The van der Waals surface area contributed by atoms with Crippen LogP contribution in [0.1, 0.15) is 64.4 Å². The predicted octanol–water partition coefficient (Wildman–Crippen LogP) is 3.05. The summed E-state index contributed by atoms with van der Waals surface area (Å²) >= 11 is 0. The van der Waals surface area contributed by atoms with Crippen LogP contribution in [0.2, 0.25) is 0 Å². The van der Waals surface area contributed by atoms with Crippen LogP contribution in [-0.4, -0.2) is 33.3 Å². The first-order valence-corrected chi connectivity index (χ1v) is 9.67. The maximum atomic E-state index is 12.8. The van der Waals surface area contributed by atoms with E-state index in [9.17, 15) is 14.4 Å². The normalized spacial score (nSPS) is 12.6. The van der Waals surface area contributed by atoms with Crippen LogP contribution >= 0.6 is 0 Å². The fraction of sp³-hybridized carbons (Fsp3) is 0.524. The van der Waals surface area contributed by atoms with E-state index in [1.165, 1.54) is 11.6 Å². The Morgan fingerprint density at radius 1 is 1.18 bits per heavy atom. The largest absolute Gasteiger partial charge is 0.448 e. The SMILES string of the molecule is CCCCCn1nc(C(=O)O[C@@H](C)C(=O)NC(C)(C)C)c2ccccc2c1=O. The second-order valence-electron chi connectivity index (χ2n) is 7.92. The molecular weight excluding hydrogens is 358 g/mol. The Bertz CT molecular complexity index is 912. The molecule has 1 heterocycles. The highest BCUT2D eigenvalue weighted by atomic mass is 16.5. The third-order valence-corrected chi connectivity index (χ3v) is 4.19. The highest BCUT2D eigenvalue weighted by Gasteiger charge is 2.25. The number of carbonyl (C=O) groups excluding carboxylic acids is 2. The number of esters is 1. The maximum Gasteiger partial charge on any atom is 0.360 e. The lowest BCUT2D eigenvalue weighted by molar-refractivity contribution is -0.130. The van der Waals surface area contributed by atoms with E-state index < -0.39 is 17.6 Å². The number of benzene rings is 1. The molecule has 7 nitrogen and oxygen atoms in total. The Kier molecular flexibility index (Phi) is 6.94. The summed E-state index contributed by atoms with van der Waals surface area (Å²) in [6.45, 7) is 9.56. The van der Waals surface area contributed by atoms with Gasteiger partial charge in [0, 0.05) is 17.5 Å². The van der Waals surface area contributed by atoms with Gasteiger partial charge in [-0.25, -0.2) is 9.48 Å². The number of unbranched alkanes of at least 4 members (excludes halogenated alkanes) is 2. The van der Waals surface area contributed by atoms with E-state index in [0.717, 1.165) is 19.3 Å². The second kappa shape index (κ2) is 8.99. The molecule has 0 radical (unpaired) electrons. The van der Waals surface area contributed by atoms with E-state index in [1.807, 2.05) is 20.8 Å². The van der Waals surface area contributed by atoms with Crippen molar-refractivity contribution in [2.45, 2.75) is 72.1 Å². The molecule has 0 fully saturated rings. The summed E-state index contributed by atoms with van der Waals surface area (Å²) in [7, 11) is 0. The van der Waals surface area contributed by atoms with Crippen molar-refractivity contribution in [1.82, 2.24) is 15.1 Å². The average Bonchev–Trinajstić information content (AvgIpc) is 2.62. The third kappa shape index (κ3) is 5.41. The number of nitrogens with zero attached hydrogens (tertiary/aromatic N) is 2. The van der Waals surface area contributed by atoms with Gasteiger partial charge in [-0.15, -0.1) is 0 Å². The first-order chi connectivity index (χ1) is 13.1. The number of nitrogens with one attached hydrogen (secondary N) is 1. The highest BCUT2D eigenvalue weighted by molar-refractivity contribution is 6.02. The Hall–Kier alpha value is -2.70. The predicted molar refractivity (Wildman–Crippen MR) is 108 cm³/mol. The van der Waals surface area contributed by atoms with Gasteiger partial charge in [-0.05, 0) is 40.2 Å². The zero-order valence-electron chi connectivity index (χ0n) is 17.2. The Morgan fingerprint density at radius 2 is 1.82 bits per heavy atom. The standard InChI is InChI=1S/C21H29N3O4/c1-6-7-10-13-24-19(26)16-12-9-8-11-15(16)17(23-24)20(27)28-14(2)18(25)22-21(3,4)5/h8-9,11-12,14H,6-7,10,13H2,1-5H3,(H,22,25)/t14-/m0/s1. The molecule has 28 heavy (non-hydrogen) atoms. The van der Waals surface area contributed by atoms with Gasteiger partial charge in [0.25, 0.3) is 11.5 Å². The van der Waals surface area contributed by atoms with Crippen LogP contribution in [0.5, 0.6) is 0 Å². The summed E-state index contributed by atoms with van der Waals surface area (Å²) < 4.78 is 6.66. The lowest BCUT2D eigenvalue weighted by atomic mass is 10.1. The minimum absolute atomic E-state index is 0.0436. The van der Waals surface area contributed by atoms with Crippen molar-refractivity contribution in [3.8, 4) is 0 Å². The molecule has 2 aromatic rings. The van der Waals surface area contributed by atoms with Crippen molar-refractivity contribution in [2.75, 3.05) is 0 Å². The van der Waals surface area contributed by atoms with Crippen molar-refractivity contribution in [3.63, 3.8) is 0 Å². The van der Waals surface area contributed by atoms with Crippen molar-refractivity contribution in [2.24, 2.45) is 0 Å². The number of amides is 1. The molecule has 0 saturated carbocycles. The molecule has 1 atom stereocenters. The van der Waals surface area contributed by atoms with Crippen LogP contribution in [0.4, 0.5) is 0 Å². The summed E-state index contributed by atoms with van der Waals surface area (Å²) in [6.07, 6.45) is 1.79. The van der Waals surface area contributed by atoms with Gasteiger partial charge in [0.1, 0.15) is 0 Å². The Morgan fingerprint density at radius 3 is 2.43 bits per heavy atom. The number of fused-ring (bicyclic) bond motifs is 1. The number of ether oxygens (including phenoxy) is 1. The topological polar surface area (TPSA) is 90.3 Å². The van der Waals surface area contributed by atoms with Crippen LogP contribution < -0.4 is 10.9 Å². The molecule has 1 N–H and O–H groups in total. The number of aryl methyl sites for hydroxylation is 1. The average molecular weight is 387 g/mol. The molecule has 152 valence electrons. The fourth-order valence-electron chi connectivity index (χ4n) is 2.79. The van der Waals surface area contributed by atoms with Gasteiger partial charge in [0.2, 0.25) is 0 Å². The van der Waals surface area contributed by atoms with Gasteiger partial charge in [-0.3, -0.25) is 9.59 Å². The fourth-order valence-corrected chi connectivity index (χ4v) is 2.79. The van der Waals surface area contributed by atoms with E-state index in [0.29, 0.717) is 17.3 Å². The minimum atomic E-state index is -0.979. The second-order valence-corrected chi connectivity index (χ2v) is 7.92. The molecule has 7 heteroatoms. The molecule has 0 aliphatic heterocycles. The monoisotopic (exact) mass is 387 g/mol. The van der Waals surface area contributed by atoms with Crippen molar-refractivity contribution in [3.05, 3.63) is 40.3 Å². The molecule has 0 aliphatic rings. The highest BCUT2D eigenvalue weighted by Crippen LogP contribution is 2.15. The van der Waals surface area contributed by atoms with Crippen LogP contribution in [0.15, 0.2) is 29.1 Å². The summed E-state index contributed by atoms with van der Waals surface area (Å²) in [5.74, 6) is -1.11. The van der Waals surface area contributed by atoms with Crippen molar-refractivity contribution in [1.29, 1.82) is 0 Å². The van der Waals surface area contributed by atoms with Crippen LogP contribution in [0.25, 0.3) is 10.8 Å². The summed E-state index contributed by atoms with van der Waals surface area (Å²) in [5, 5.41) is 7.87. The molecule has 0 bridgehead atoms. The van der Waals surface area contributed by atoms with E-state index in [2.05, 4.69) is 17.3 Å². The minimum Gasteiger partial charge on any atom is -0.448 e. The van der Waals surface area contributed by atoms with E-state index in [1.54, 1.807) is 24.3 Å². The molecule has 0 aliphatic carbocycles. The Labute approximate surface area is 165 Å². The first-order valence-electron chi connectivity index (χ1n) is 9.67. The van der Waals surface area contributed by atoms with Crippen molar-refractivity contribution >= 4 is 22.6 Å². The van der Waals surface area contributed by atoms with Gasteiger partial charge in [-0.2, -0.15) is 5.10 Å². The number of carbonyl (C=O) groups is 2. The number of hydrogen-bond donors (Lipinski definition) is 1. The number of hydrogen-bond acceptors (Lipinski definition) is 5. The molecular formula is C21H29N3O4. The molecule has 0 saturated heterocycles. The maximum absolute atomic E-state index is 12.8. The molecule has 0 spiro atoms. The van der Waals surface area contributed by atoms with E-state index in [-0.39, 0.29) is 17.2 Å². The van der Waals surface area contributed by atoms with Crippen molar-refractivity contribution < 1.29 is 14.3 Å². The zero-order valence-corrected chi connectivity index (χ0v) is 17.2. The molecule has 1 aromatic carbocycles. The zero-order chi connectivity index (χ0) is 20.9. The van der Waals surface area contributed by atoms with E-state index in [4.69, 9.17) is 4.74 Å². The first kappa shape index (κ1) is 21.6. The van der Waals surface area contributed by atoms with Crippen LogP contribution in [0.3, 0.4) is 0 Å². The summed E-state index contributed by atoms with van der Waals surface area (Å²) in [5.41, 5.74) is -0.626. The van der Waals surface area contributed by atoms with Gasteiger partial charge >= 0.3 is 5.97 Å². The van der Waals surface area contributed by atoms with Crippen LogP contribution in [0, 0.1) is 0 Å². The van der Waals surface area contributed by atoms with Gasteiger partial charge in [-0.1, -0.05) is 38.0 Å². The van der Waals surface area contributed by atoms with E-state index >= 15 is 0 Å². The van der Waals surface area contributed by atoms with Gasteiger partial charge in [0.05, 0.1) is 5.39 Å². The Balaban J connectivity index is 2.34. The summed E-state index contributed by atoms with van der Waals surface area (Å²) in [4.78, 5) is 37.6. The van der Waals surface area contributed by atoms with Gasteiger partial charge in [0.15, 0.2) is 11.8 Å². The lowest BCUT2D eigenvalue weighted by Gasteiger charge is -2.23. The van der Waals surface area contributed by atoms with Gasteiger partial charge < -0.3 is 10.1 Å². The summed E-state index contributed by atoms with van der Waals surface area (Å²) in [6, 6.07) is 6.81. The smallest absolute Gasteiger partial charge is 0.360 e. The molecule has 0 unspecified atom stereocenters. The molecule has 1 amide bonds. The lowest BCUT2D eigenvalue weighted by Crippen LogP contribution is -2.46.